The molecule has 2 rings (SSSR count). The van der Waals surface area contributed by atoms with Crippen molar-refractivity contribution in [1.82, 2.24) is 5.32 Å². The molecule has 0 aliphatic heterocycles. The SMILES string of the molecule is O=C(NC1CCCC(O)C1)c1cc(Cl)ccc1[N+](=O)[O-]. The Morgan fingerprint density at radius 2 is 2.20 bits per heavy atom. The second-order valence-electron chi connectivity index (χ2n) is 4.91. The summed E-state index contributed by atoms with van der Waals surface area (Å²) in [5.41, 5.74) is -0.328. The summed E-state index contributed by atoms with van der Waals surface area (Å²) in [4.78, 5) is 22.5. The number of aliphatic hydroxyl groups is 1. The van der Waals surface area contributed by atoms with Gasteiger partial charge in [0.05, 0.1) is 11.0 Å². The lowest BCUT2D eigenvalue weighted by atomic mass is 9.93. The van der Waals surface area contributed by atoms with Crippen LogP contribution in [0.3, 0.4) is 0 Å². The van der Waals surface area contributed by atoms with Crippen LogP contribution in [0, 0.1) is 10.1 Å². The van der Waals surface area contributed by atoms with Gasteiger partial charge in [-0.2, -0.15) is 0 Å². The zero-order valence-electron chi connectivity index (χ0n) is 10.7. The summed E-state index contributed by atoms with van der Waals surface area (Å²) in [6.07, 6.45) is 2.36. The molecule has 0 heterocycles. The Bertz CT molecular complexity index is 535. The van der Waals surface area contributed by atoms with Crippen molar-refractivity contribution in [1.29, 1.82) is 0 Å². The molecule has 20 heavy (non-hydrogen) atoms. The zero-order chi connectivity index (χ0) is 14.7. The third kappa shape index (κ3) is 3.46. The maximum atomic E-state index is 12.1. The topological polar surface area (TPSA) is 92.5 Å². The van der Waals surface area contributed by atoms with Gasteiger partial charge in [-0.3, -0.25) is 14.9 Å². The van der Waals surface area contributed by atoms with Crippen molar-refractivity contribution in [2.24, 2.45) is 0 Å². The predicted molar refractivity (Wildman–Crippen MR) is 73.8 cm³/mol. The minimum atomic E-state index is -0.610. The van der Waals surface area contributed by atoms with Gasteiger partial charge < -0.3 is 10.4 Å². The number of halogens is 1. The minimum Gasteiger partial charge on any atom is -0.393 e. The van der Waals surface area contributed by atoms with Crippen LogP contribution in [0.4, 0.5) is 5.69 Å². The second kappa shape index (κ2) is 6.19. The number of hydrogen-bond donors (Lipinski definition) is 2. The summed E-state index contributed by atoms with van der Waals surface area (Å²) in [6.45, 7) is 0. The van der Waals surface area contributed by atoms with Gasteiger partial charge in [0, 0.05) is 17.1 Å². The highest BCUT2D eigenvalue weighted by Crippen LogP contribution is 2.24. The van der Waals surface area contributed by atoms with E-state index in [0.717, 1.165) is 19.3 Å². The molecule has 1 aromatic rings. The number of nitro benzene ring substituents is 1. The van der Waals surface area contributed by atoms with Crippen LogP contribution in [0.1, 0.15) is 36.0 Å². The van der Waals surface area contributed by atoms with Crippen molar-refractivity contribution < 1.29 is 14.8 Å². The van der Waals surface area contributed by atoms with Gasteiger partial charge in [-0.05, 0) is 37.8 Å². The number of benzene rings is 1. The number of nitrogens with one attached hydrogen (secondary N) is 1. The number of amides is 1. The summed E-state index contributed by atoms with van der Waals surface area (Å²) in [5, 5.41) is 23.5. The molecule has 0 bridgehead atoms. The van der Waals surface area contributed by atoms with Gasteiger partial charge in [0.15, 0.2) is 0 Å². The lowest BCUT2D eigenvalue weighted by Crippen LogP contribution is -2.39. The number of rotatable bonds is 3. The maximum absolute atomic E-state index is 12.1. The van der Waals surface area contributed by atoms with E-state index in [-0.39, 0.29) is 22.3 Å². The van der Waals surface area contributed by atoms with Crippen LogP contribution in [-0.4, -0.2) is 28.1 Å². The van der Waals surface area contributed by atoms with Crippen molar-refractivity contribution in [3.05, 3.63) is 38.9 Å². The molecule has 0 saturated heterocycles. The quantitative estimate of drug-likeness (QED) is 0.661. The van der Waals surface area contributed by atoms with Crippen LogP contribution in [-0.2, 0) is 0 Å². The Balaban J connectivity index is 2.16. The molecule has 6 nitrogen and oxygen atoms in total. The average molecular weight is 299 g/mol. The number of nitro groups is 1. The fourth-order valence-electron chi connectivity index (χ4n) is 2.41. The van der Waals surface area contributed by atoms with Crippen molar-refractivity contribution in [2.45, 2.75) is 37.8 Å². The van der Waals surface area contributed by atoms with Crippen LogP contribution < -0.4 is 5.32 Å². The highest BCUT2D eigenvalue weighted by Gasteiger charge is 2.25. The van der Waals surface area contributed by atoms with Crippen molar-refractivity contribution in [2.75, 3.05) is 0 Å². The van der Waals surface area contributed by atoms with E-state index in [0.29, 0.717) is 6.42 Å². The molecule has 1 fully saturated rings. The number of aliphatic hydroxyl groups excluding tert-OH is 1. The molecule has 2 atom stereocenters. The zero-order valence-corrected chi connectivity index (χ0v) is 11.5. The molecular formula is C13H15ClN2O4. The third-order valence-electron chi connectivity index (χ3n) is 3.38. The monoisotopic (exact) mass is 298 g/mol. The summed E-state index contributed by atoms with van der Waals surface area (Å²) in [5.74, 6) is -0.529. The van der Waals surface area contributed by atoms with Gasteiger partial charge in [0.25, 0.3) is 11.6 Å². The largest absolute Gasteiger partial charge is 0.393 e. The average Bonchev–Trinajstić information content (AvgIpc) is 2.38. The Hall–Kier alpha value is -1.66. The number of carbonyl (C=O) groups is 1. The predicted octanol–water partition coefficient (Wildman–Crippen LogP) is 2.28. The van der Waals surface area contributed by atoms with E-state index in [1.54, 1.807) is 0 Å². The molecule has 1 saturated carbocycles. The van der Waals surface area contributed by atoms with Crippen LogP contribution in [0.5, 0.6) is 0 Å². The Labute approximate surface area is 120 Å². The first-order valence-electron chi connectivity index (χ1n) is 6.40. The molecule has 108 valence electrons. The molecule has 1 aromatic carbocycles. The summed E-state index contributed by atoms with van der Waals surface area (Å²) in [7, 11) is 0. The van der Waals surface area contributed by atoms with E-state index in [9.17, 15) is 20.0 Å². The van der Waals surface area contributed by atoms with E-state index in [4.69, 9.17) is 11.6 Å². The van der Waals surface area contributed by atoms with Gasteiger partial charge >= 0.3 is 0 Å². The first kappa shape index (κ1) is 14.7. The fourth-order valence-corrected chi connectivity index (χ4v) is 2.58. The third-order valence-corrected chi connectivity index (χ3v) is 3.62. The first-order valence-corrected chi connectivity index (χ1v) is 6.78. The maximum Gasteiger partial charge on any atom is 0.282 e. The fraction of sp³-hybridized carbons (Fsp3) is 0.462. The number of hydrogen-bond acceptors (Lipinski definition) is 4. The molecule has 1 amide bonds. The number of carbonyl (C=O) groups excluding carboxylic acids is 1. The van der Waals surface area contributed by atoms with Crippen LogP contribution >= 0.6 is 11.6 Å². The van der Waals surface area contributed by atoms with Gasteiger partial charge in [0.2, 0.25) is 0 Å². The number of nitrogens with zero attached hydrogens (tertiary/aromatic N) is 1. The Morgan fingerprint density at radius 1 is 1.45 bits per heavy atom. The van der Waals surface area contributed by atoms with Crippen LogP contribution in [0.15, 0.2) is 18.2 Å². The lowest BCUT2D eigenvalue weighted by molar-refractivity contribution is -0.385. The van der Waals surface area contributed by atoms with Crippen LogP contribution in [0.2, 0.25) is 5.02 Å². The lowest BCUT2D eigenvalue weighted by Gasteiger charge is -2.26. The van der Waals surface area contributed by atoms with Crippen molar-refractivity contribution in [3.8, 4) is 0 Å². The molecule has 7 heteroatoms. The molecule has 0 radical (unpaired) electrons. The van der Waals surface area contributed by atoms with E-state index in [1.165, 1.54) is 18.2 Å². The Morgan fingerprint density at radius 3 is 2.85 bits per heavy atom. The standard InChI is InChI=1S/C13H15ClN2O4/c14-8-4-5-12(16(19)20)11(6-8)13(18)15-9-2-1-3-10(17)7-9/h4-6,9-10,17H,1-3,7H2,(H,15,18). The van der Waals surface area contributed by atoms with Crippen LogP contribution in [0.25, 0.3) is 0 Å². The molecule has 2 unspecified atom stereocenters. The highest BCUT2D eigenvalue weighted by atomic mass is 35.5. The van der Waals surface area contributed by atoms with Gasteiger partial charge in [0.1, 0.15) is 5.56 Å². The van der Waals surface area contributed by atoms with Crippen molar-refractivity contribution in [3.63, 3.8) is 0 Å². The minimum absolute atomic E-state index is 0.0532. The highest BCUT2D eigenvalue weighted by molar-refractivity contribution is 6.31. The molecule has 1 aliphatic carbocycles. The van der Waals surface area contributed by atoms with E-state index in [1.807, 2.05) is 0 Å². The molecule has 0 spiro atoms. The van der Waals surface area contributed by atoms with Gasteiger partial charge in [-0.25, -0.2) is 0 Å². The molecule has 2 N–H and O–H groups in total. The molecule has 1 aliphatic rings. The smallest absolute Gasteiger partial charge is 0.282 e. The molecule has 0 aromatic heterocycles. The first-order chi connectivity index (χ1) is 9.47. The summed E-state index contributed by atoms with van der Waals surface area (Å²) >= 11 is 5.79. The second-order valence-corrected chi connectivity index (χ2v) is 5.35. The summed E-state index contributed by atoms with van der Waals surface area (Å²) in [6, 6.07) is 3.71. The van der Waals surface area contributed by atoms with E-state index < -0.39 is 16.9 Å². The van der Waals surface area contributed by atoms with Gasteiger partial charge in [-0.15, -0.1) is 0 Å². The van der Waals surface area contributed by atoms with E-state index >= 15 is 0 Å². The molecular weight excluding hydrogens is 284 g/mol. The van der Waals surface area contributed by atoms with Gasteiger partial charge in [-0.1, -0.05) is 11.6 Å². The van der Waals surface area contributed by atoms with E-state index in [2.05, 4.69) is 5.32 Å². The summed E-state index contributed by atoms with van der Waals surface area (Å²) < 4.78 is 0. The Kier molecular flexibility index (Phi) is 4.57. The normalized spacial score (nSPS) is 22.3. The van der Waals surface area contributed by atoms with Crippen molar-refractivity contribution >= 4 is 23.2 Å².